The second-order valence-corrected chi connectivity index (χ2v) is 4.55. The second kappa shape index (κ2) is 9.52. The van der Waals surface area contributed by atoms with Crippen molar-refractivity contribution in [3.8, 4) is 0 Å². The summed E-state index contributed by atoms with van der Waals surface area (Å²) < 4.78 is 9.18. The van der Waals surface area contributed by atoms with Gasteiger partial charge in [-0.05, 0) is 18.6 Å². The SMILES string of the molecule is COC(=O)C=CC(=CCN[C@@H](C)c1ccccc1)C(=O)OC. The number of ether oxygens (including phenoxy) is 2. The molecule has 118 valence electrons. The Kier molecular flexibility index (Phi) is 7.64. The zero-order valence-corrected chi connectivity index (χ0v) is 13.0. The van der Waals surface area contributed by atoms with E-state index in [1.807, 2.05) is 37.3 Å². The van der Waals surface area contributed by atoms with Crippen LogP contribution in [0.1, 0.15) is 18.5 Å². The molecule has 0 amide bonds. The molecular weight excluding hydrogens is 282 g/mol. The van der Waals surface area contributed by atoms with Gasteiger partial charge in [-0.25, -0.2) is 9.59 Å². The zero-order chi connectivity index (χ0) is 16.4. The molecule has 0 heterocycles. The van der Waals surface area contributed by atoms with E-state index in [9.17, 15) is 9.59 Å². The molecule has 0 aromatic heterocycles. The molecule has 1 aromatic carbocycles. The highest BCUT2D eigenvalue weighted by atomic mass is 16.5. The monoisotopic (exact) mass is 303 g/mol. The number of rotatable bonds is 7. The second-order valence-electron chi connectivity index (χ2n) is 4.55. The molecular formula is C17H21NO4. The lowest BCUT2D eigenvalue weighted by Gasteiger charge is -2.12. The lowest BCUT2D eigenvalue weighted by molar-refractivity contribution is -0.135. The molecule has 1 atom stereocenters. The number of hydrogen-bond acceptors (Lipinski definition) is 5. The van der Waals surface area contributed by atoms with Crippen LogP contribution < -0.4 is 5.32 Å². The Hall–Kier alpha value is -2.40. The minimum Gasteiger partial charge on any atom is -0.466 e. The zero-order valence-electron chi connectivity index (χ0n) is 13.0. The molecule has 0 aliphatic heterocycles. The van der Waals surface area contributed by atoms with Crippen LogP contribution in [0.4, 0.5) is 0 Å². The van der Waals surface area contributed by atoms with E-state index >= 15 is 0 Å². The maximum Gasteiger partial charge on any atom is 0.337 e. The summed E-state index contributed by atoms with van der Waals surface area (Å²) in [5.41, 5.74) is 1.45. The smallest absolute Gasteiger partial charge is 0.337 e. The van der Waals surface area contributed by atoms with Crippen molar-refractivity contribution in [1.82, 2.24) is 5.32 Å². The van der Waals surface area contributed by atoms with Gasteiger partial charge in [0.15, 0.2) is 0 Å². The topological polar surface area (TPSA) is 64.6 Å². The number of hydrogen-bond donors (Lipinski definition) is 1. The van der Waals surface area contributed by atoms with E-state index in [1.165, 1.54) is 26.4 Å². The molecule has 5 heteroatoms. The summed E-state index contributed by atoms with van der Waals surface area (Å²) in [5.74, 6) is -1.03. The fourth-order valence-corrected chi connectivity index (χ4v) is 1.77. The number of carbonyl (C=O) groups is 2. The van der Waals surface area contributed by atoms with Crippen LogP contribution in [0.15, 0.2) is 54.1 Å². The van der Waals surface area contributed by atoms with Crippen molar-refractivity contribution in [2.75, 3.05) is 20.8 Å². The van der Waals surface area contributed by atoms with Gasteiger partial charge < -0.3 is 14.8 Å². The molecule has 0 saturated carbocycles. The van der Waals surface area contributed by atoms with Gasteiger partial charge in [0.25, 0.3) is 0 Å². The van der Waals surface area contributed by atoms with Gasteiger partial charge in [-0.2, -0.15) is 0 Å². The molecule has 0 radical (unpaired) electrons. The summed E-state index contributed by atoms with van der Waals surface area (Å²) in [6.07, 6.45) is 4.24. The van der Waals surface area contributed by atoms with Crippen molar-refractivity contribution in [2.24, 2.45) is 0 Å². The van der Waals surface area contributed by atoms with Crippen LogP contribution in [0, 0.1) is 0 Å². The summed E-state index contributed by atoms with van der Waals surface area (Å²) in [6, 6.07) is 10.1. The van der Waals surface area contributed by atoms with Crippen LogP contribution in [0.3, 0.4) is 0 Å². The van der Waals surface area contributed by atoms with Gasteiger partial charge in [-0.15, -0.1) is 0 Å². The van der Waals surface area contributed by atoms with Crippen LogP contribution in [-0.2, 0) is 19.1 Å². The van der Waals surface area contributed by atoms with Crippen molar-refractivity contribution < 1.29 is 19.1 Å². The van der Waals surface area contributed by atoms with E-state index in [2.05, 4.69) is 14.8 Å². The first-order valence-corrected chi connectivity index (χ1v) is 6.91. The van der Waals surface area contributed by atoms with Gasteiger partial charge in [0.05, 0.1) is 19.8 Å². The number of benzene rings is 1. The maximum atomic E-state index is 11.6. The molecule has 5 nitrogen and oxygen atoms in total. The van der Waals surface area contributed by atoms with Gasteiger partial charge in [0.2, 0.25) is 0 Å². The lowest BCUT2D eigenvalue weighted by atomic mass is 10.1. The fraction of sp³-hybridized carbons (Fsp3) is 0.294. The third-order valence-corrected chi connectivity index (χ3v) is 3.07. The molecule has 22 heavy (non-hydrogen) atoms. The average Bonchev–Trinajstić information content (AvgIpc) is 2.57. The molecule has 0 bridgehead atoms. The van der Waals surface area contributed by atoms with E-state index < -0.39 is 11.9 Å². The molecule has 0 fully saturated rings. The van der Waals surface area contributed by atoms with Crippen LogP contribution in [-0.4, -0.2) is 32.7 Å². The Morgan fingerprint density at radius 1 is 1.14 bits per heavy atom. The highest BCUT2D eigenvalue weighted by Gasteiger charge is 2.07. The standard InChI is InChI=1S/C17H21NO4/c1-13(14-7-5-4-6-8-14)18-12-11-15(17(20)22-3)9-10-16(19)21-2/h4-11,13,18H,12H2,1-3H3/t13-/m0/s1. The molecule has 0 aliphatic carbocycles. The molecule has 0 aliphatic rings. The van der Waals surface area contributed by atoms with Crippen molar-refractivity contribution in [3.05, 3.63) is 59.7 Å². The normalized spacial score (nSPS) is 13.0. The Labute approximate surface area is 130 Å². The highest BCUT2D eigenvalue weighted by Crippen LogP contribution is 2.10. The predicted octanol–water partition coefficient (Wildman–Crippen LogP) is 2.17. The molecule has 0 saturated heterocycles. The summed E-state index contributed by atoms with van der Waals surface area (Å²) in [5, 5.41) is 3.28. The van der Waals surface area contributed by atoms with E-state index in [4.69, 9.17) is 0 Å². The fourth-order valence-electron chi connectivity index (χ4n) is 1.77. The Morgan fingerprint density at radius 2 is 1.82 bits per heavy atom. The van der Waals surface area contributed by atoms with Crippen LogP contribution >= 0.6 is 0 Å². The minimum absolute atomic E-state index is 0.140. The molecule has 1 aromatic rings. The largest absolute Gasteiger partial charge is 0.466 e. The first-order chi connectivity index (χ1) is 10.6. The van der Waals surface area contributed by atoms with E-state index in [-0.39, 0.29) is 6.04 Å². The summed E-state index contributed by atoms with van der Waals surface area (Å²) >= 11 is 0. The molecule has 1 N–H and O–H groups in total. The van der Waals surface area contributed by atoms with E-state index in [1.54, 1.807) is 6.08 Å². The van der Waals surface area contributed by atoms with Gasteiger partial charge in [-0.3, -0.25) is 0 Å². The van der Waals surface area contributed by atoms with E-state index in [0.717, 1.165) is 5.56 Å². The van der Waals surface area contributed by atoms with E-state index in [0.29, 0.717) is 12.1 Å². The van der Waals surface area contributed by atoms with Crippen LogP contribution in [0.25, 0.3) is 0 Å². The lowest BCUT2D eigenvalue weighted by Crippen LogP contribution is -2.19. The molecule has 0 unspecified atom stereocenters. The Bertz CT molecular complexity index is 549. The average molecular weight is 303 g/mol. The Morgan fingerprint density at radius 3 is 2.41 bits per heavy atom. The number of esters is 2. The van der Waals surface area contributed by atoms with Crippen molar-refractivity contribution in [3.63, 3.8) is 0 Å². The number of nitrogens with one attached hydrogen (secondary N) is 1. The maximum absolute atomic E-state index is 11.6. The number of methoxy groups -OCH3 is 2. The quantitative estimate of drug-likeness (QED) is 0.475. The van der Waals surface area contributed by atoms with Crippen LogP contribution in [0.2, 0.25) is 0 Å². The molecule has 1 rings (SSSR count). The predicted molar refractivity (Wildman–Crippen MR) is 84.1 cm³/mol. The summed E-state index contributed by atoms with van der Waals surface area (Å²) in [7, 11) is 2.57. The number of carbonyl (C=O) groups excluding carboxylic acids is 2. The minimum atomic E-state index is -0.527. The first kappa shape index (κ1) is 17.7. The third kappa shape index (κ3) is 5.93. The Balaban J connectivity index is 2.67. The summed E-state index contributed by atoms with van der Waals surface area (Å²) in [4.78, 5) is 22.7. The van der Waals surface area contributed by atoms with Gasteiger partial charge in [0, 0.05) is 18.7 Å². The molecule has 0 spiro atoms. The van der Waals surface area contributed by atoms with Gasteiger partial charge in [-0.1, -0.05) is 36.4 Å². The summed E-state index contributed by atoms with van der Waals surface area (Å²) in [6.45, 7) is 2.50. The van der Waals surface area contributed by atoms with Gasteiger partial charge >= 0.3 is 11.9 Å². The third-order valence-electron chi connectivity index (χ3n) is 3.07. The van der Waals surface area contributed by atoms with Crippen LogP contribution in [0.5, 0.6) is 0 Å². The van der Waals surface area contributed by atoms with Crippen molar-refractivity contribution >= 4 is 11.9 Å². The van der Waals surface area contributed by atoms with Gasteiger partial charge in [0.1, 0.15) is 0 Å². The van der Waals surface area contributed by atoms with Crippen molar-refractivity contribution in [1.29, 1.82) is 0 Å². The highest BCUT2D eigenvalue weighted by molar-refractivity contribution is 5.93. The first-order valence-electron chi connectivity index (χ1n) is 6.91. The van der Waals surface area contributed by atoms with Crippen molar-refractivity contribution in [2.45, 2.75) is 13.0 Å².